The molecule has 3 rings (SSSR count). The Morgan fingerprint density at radius 2 is 1.69 bits per heavy atom. The Labute approximate surface area is 153 Å². The molecular weight excluding hydrogens is 351 g/mol. The number of hydrogen-bond acceptors (Lipinski definition) is 2. The molecule has 0 unspecified atom stereocenters. The summed E-state index contributed by atoms with van der Waals surface area (Å²) in [5.41, 5.74) is 5.22. The van der Waals surface area contributed by atoms with Gasteiger partial charge in [-0.05, 0) is 69.0 Å². The smallest absolute Gasteiger partial charge is 0.241 e. The molecule has 4 nitrogen and oxygen atoms in total. The van der Waals surface area contributed by atoms with Crippen LogP contribution in [0.2, 0.25) is 0 Å². The second-order valence-electron chi connectivity index (χ2n) is 6.79. The second kappa shape index (κ2) is 6.85. The lowest BCUT2D eigenvalue weighted by Crippen LogP contribution is -2.27. The molecule has 0 spiro atoms. The minimum absolute atomic E-state index is 0.249. The first-order valence-corrected chi connectivity index (χ1v) is 10.0. The Kier molecular flexibility index (Phi) is 4.90. The number of halogens is 1. The van der Waals surface area contributed by atoms with Crippen molar-refractivity contribution in [3.8, 4) is 0 Å². The summed E-state index contributed by atoms with van der Waals surface area (Å²) in [6.07, 6.45) is 0.485. The average Bonchev–Trinajstić information content (AvgIpc) is 2.81. The summed E-state index contributed by atoms with van der Waals surface area (Å²) in [5, 5.41) is 0.796. The van der Waals surface area contributed by atoms with Crippen LogP contribution in [0.25, 0.3) is 10.9 Å². The van der Waals surface area contributed by atoms with Crippen molar-refractivity contribution in [3.05, 3.63) is 64.1 Å². The van der Waals surface area contributed by atoms with Gasteiger partial charge in [0, 0.05) is 23.1 Å². The Morgan fingerprint density at radius 3 is 2.35 bits per heavy atom. The number of hydrogen-bond donors (Lipinski definition) is 2. The Bertz CT molecular complexity index is 1060. The predicted octanol–water partition coefficient (Wildman–Crippen LogP) is 4.06. The highest BCUT2D eigenvalue weighted by Gasteiger charge is 2.20. The van der Waals surface area contributed by atoms with E-state index >= 15 is 0 Å². The summed E-state index contributed by atoms with van der Waals surface area (Å²) in [7, 11) is -3.60. The molecule has 0 aliphatic heterocycles. The highest BCUT2D eigenvalue weighted by molar-refractivity contribution is 7.89. The molecule has 0 saturated heterocycles. The number of H-pyrrole nitrogens is 1. The maximum absolute atomic E-state index is 13.6. The third-order valence-corrected chi connectivity index (χ3v) is 6.39. The van der Waals surface area contributed by atoms with Crippen molar-refractivity contribution in [2.45, 2.75) is 39.0 Å². The molecule has 0 fully saturated rings. The summed E-state index contributed by atoms with van der Waals surface area (Å²) in [6.45, 7) is 7.72. The van der Waals surface area contributed by atoms with E-state index in [0.717, 1.165) is 38.9 Å². The highest BCUT2D eigenvalue weighted by atomic mass is 32.2. The Hall–Kier alpha value is -2.18. The van der Waals surface area contributed by atoms with E-state index in [2.05, 4.69) is 9.71 Å². The summed E-state index contributed by atoms with van der Waals surface area (Å²) in [6, 6.07) is 8.33. The quantitative estimate of drug-likeness (QED) is 0.707. The van der Waals surface area contributed by atoms with E-state index in [1.54, 1.807) is 19.9 Å². The van der Waals surface area contributed by atoms with Crippen LogP contribution in [0, 0.1) is 33.5 Å². The van der Waals surface area contributed by atoms with Crippen LogP contribution in [0.4, 0.5) is 4.39 Å². The molecule has 6 heteroatoms. The van der Waals surface area contributed by atoms with Gasteiger partial charge in [-0.25, -0.2) is 17.5 Å². The van der Waals surface area contributed by atoms with Crippen LogP contribution in [0.3, 0.4) is 0 Å². The molecule has 0 aliphatic rings. The first-order valence-electron chi connectivity index (χ1n) is 8.53. The summed E-state index contributed by atoms with van der Waals surface area (Å²) < 4.78 is 41.7. The normalized spacial score (nSPS) is 12.0. The molecule has 26 heavy (non-hydrogen) atoms. The Morgan fingerprint density at radius 1 is 1.04 bits per heavy atom. The van der Waals surface area contributed by atoms with Gasteiger partial charge in [0.05, 0.1) is 4.90 Å². The summed E-state index contributed by atoms with van der Waals surface area (Å²) in [4.78, 5) is 3.55. The first-order chi connectivity index (χ1) is 12.2. The van der Waals surface area contributed by atoms with E-state index in [-0.39, 0.29) is 12.4 Å². The largest absolute Gasteiger partial charge is 0.358 e. The monoisotopic (exact) mass is 374 g/mol. The van der Waals surface area contributed by atoms with Gasteiger partial charge in [0.15, 0.2) is 0 Å². The molecule has 0 atom stereocenters. The molecule has 1 heterocycles. The Balaban J connectivity index is 1.82. The third kappa shape index (κ3) is 3.52. The average molecular weight is 374 g/mol. The molecule has 3 aromatic rings. The molecule has 0 saturated carbocycles. The number of sulfonamides is 1. The zero-order valence-corrected chi connectivity index (χ0v) is 16.2. The molecular formula is C20H23FN2O2S. The number of rotatable bonds is 5. The van der Waals surface area contributed by atoms with Crippen LogP contribution < -0.4 is 4.72 Å². The van der Waals surface area contributed by atoms with Crippen molar-refractivity contribution in [2.75, 3.05) is 6.54 Å². The molecule has 1 aromatic heterocycles. The molecule has 0 radical (unpaired) electrons. The minimum atomic E-state index is -3.60. The van der Waals surface area contributed by atoms with Crippen LogP contribution in [0.15, 0.2) is 35.2 Å². The van der Waals surface area contributed by atoms with Crippen LogP contribution in [-0.2, 0) is 16.4 Å². The summed E-state index contributed by atoms with van der Waals surface area (Å²) in [5.74, 6) is -0.302. The van der Waals surface area contributed by atoms with Crippen molar-refractivity contribution >= 4 is 20.9 Å². The SMILES string of the molecule is Cc1cc(C)c(S(=O)(=O)NCCc2c(C)[nH]c3ccc(F)cc23)c(C)c1. The van der Waals surface area contributed by atoms with Gasteiger partial charge in [0.2, 0.25) is 10.0 Å². The van der Waals surface area contributed by atoms with Crippen molar-refractivity contribution < 1.29 is 12.8 Å². The number of aromatic amines is 1. The summed E-state index contributed by atoms with van der Waals surface area (Å²) >= 11 is 0. The number of nitrogens with one attached hydrogen (secondary N) is 2. The fourth-order valence-electron chi connectivity index (χ4n) is 3.65. The van der Waals surface area contributed by atoms with Gasteiger partial charge in [-0.1, -0.05) is 17.7 Å². The van der Waals surface area contributed by atoms with Crippen LogP contribution >= 0.6 is 0 Å². The molecule has 138 valence electrons. The maximum Gasteiger partial charge on any atom is 0.241 e. The minimum Gasteiger partial charge on any atom is -0.358 e. The van der Waals surface area contributed by atoms with Crippen molar-refractivity contribution in [3.63, 3.8) is 0 Å². The maximum atomic E-state index is 13.6. The first kappa shape index (κ1) is 18.6. The van der Waals surface area contributed by atoms with Crippen LogP contribution in [0.1, 0.15) is 27.9 Å². The lowest BCUT2D eigenvalue weighted by atomic mass is 10.1. The van der Waals surface area contributed by atoms with E-state index in [1.165, 1.54) is 12.1 Å². The third-order valence-electron chi connectivity index (χ3n) is 4.62. The van der Waals surface area contributed by atoms with Gasteiger partial charge in [0.25, 0.3) is 0 Å². The second-order valence-corrected chi connectivity index (χ2v) is 8.50. The van der Waals surface area contributed by atoms with Crippen LogP contribution in [-0.4, -0.2) is 19.9 Å². The highest BCUT2D eigenvalue weighted by Crippen LogP contribution is 2.24. The van der Waals surface area contributed by atoms with Gasteiger partial charge < -0.3 is 4.98 Å². The molecule has 2 aromatic carbocycles. The zero-order chi connectivity index (χ0) is 19.1. The van der Waals surface area contributed by atoms with E-state index in [1.807, 2.05) is 26.0 Å². The fraction of sp³-hybridized carbons (Fsp3) is 0.300. The van der Waals surface area contributed by atoms with E-state index in [0.29, 0.717) is 11.3 Å². The number of fused-ring (bicyclic) bond motifs is 1. The van der Waals surface area contributed by atoms with Crippen LogP contribution in [0.5, 0.6) is 0 Å². The molecule has 0 aliphatic carbocycles. The van der Waals surface area contributed by atoms with Gasteiger partial charge >= 0.3 is 0 Å². The zero-order valence-electron chi connectivity index (χ0n) is 15.4. The van der Waals surface area contributed by atoms with E-state index in [4.69, 9.17) is 0 Å². The van der Waals surface area contributed by atoms with Crippen molar-refractivity contribution in [2.24, 2.45) is 0 Å². The van der Waals surface area contributed by atoms with E-state index in [9.17, 15) is 12.8 Å². The molecule has 2 N–H and O–H groups in total. The van der Waals surface area contributed by atoms with Crippen molar-refractivity contribution in [1.82, 2.24) is 9.71 Å². The lowest BCUT2D eigenvalue weighted by molar-refractivity contribution is 0.580. The fourth-order valence-corrected chi connectivity index (χ4v) is 5.13. The molecule has 0 bridgehead atoms. The van der Waals surface area contributed by atoms with Gasteiger partial charge in [-0.3, -0.25) is 0 Å². The van der Waals surface area contributed by atoms with Crippen molar-refractivity contribution in [1.29, 1.82) is 0 Å². The van der Waals surface area contributed by atoms with Gasteiger partial charge in [-0.15, -0.1) is 0 Å². The van der Waals surface area contributed by atoms with Gasteiger partial charge in [0.1, 0.15) is 5.82 Å². The number of aryl methyl sites for hydroxylation is 4. The number of aromatic nitrogens is 1. The number of benzene rings is 2. The topological polar surface area (TPSA) is 62.0 Å². The standard InChI is InChI=1S/C20H23FN2O2S/c1-12-9-13(2)20(14(3)10-12)26(24,25)22-8-7-17-15(4)23-19-6-5-16(21)11-18(17)19/h5-6,9-11,22-23H,7-8H2,1-4H3. The lowest BCUT2D eigenvalue weighted by Gasteiger charge is -2.13. The van der Waals surface area contributed by atoms with E-state index < -0.39 is 10.0 Å². The van der Waals surface area contributed by atoms with Gasteiger partial charge in [-0.2, -0.15) is 0 Å². The predicted molar refractivity (Wildman–Crippen MR) is 103 cm³/mol. The molecule has 0 amide bonds.